The average Bonchev–Trinajstić information content (AvgIpc) is 2.87. The Morgan fingerprint density at radius 1 is 1.32 bits per heavy atom. The van der Waals surface area contributed by atoms with Gasteiger partial charge in [-0.2, -0.15) is 0 Å². The van der Waals surface area contributed by atoms with E-state index >= 15 is 0 Å². The highest BCUT2D eigenvalue weighted by molar-refractivity contribution is 5.76. The lowest BCUT2D eigenvalue weighted by atomic mass is 9.89. The van der Waals surface area contributed by atoms with Gasteiger partial charge in [0.15, 0.2) is 5.79 Å². The van der Waals surface area contributed by atoms with Crippen molar-refractivity contribution in [3.63, 3.8) is 0 Å². The van der Waals surface area contributed by atoms with Crippen molar-refractivity contribution < 1.29 is 19.0 Å². The molecule has 110 valence electrons. The molecule has 2 aliphatic rings. The summed E-state index contributed by atoms with van der Waals surface area (Å²) in [6.45, 7) is 2.06. The fraction of sp³-hybridized carbons (Fsp3) is 0.929. The van der Waals surface area contributed by atoms with Crippen LogP contribution in [-0.4, -0.2) is 56.6 Å². The molecular weight excluding hydrogens is 246 g/mol. The minimum atomic E-state index is -0.337. The predicted molar refractivity (Wildman–Crippen MR) is 70.8 cm³/mol. The molecular formula is C14H25NO4. The molecule has 0 aromatic heterocycles. The molecule has 0 aromatic rings. The number of hydrogen-bond donors (Lipinski definition) is 0. The van der Waals surface area contributed by atoms with E-state index in [4.69, 9.17) is 14.2 Å². The van der Waals surface area contributed by atoms with Gasteiger partial charge in [0.25, 0.3) is 0 Å². The molecule has 1 aliphatic carbocycles. The van der Waals surface area contributed by atoms with E-state index in [0.29, 0.717) is 32.3 Å². The molecule has 0 atom stereocenters. The smallest absolute Gasteiger partial charge is 0.222 e. The summed E-state index contributed by atoms with van der Waals surface area (Å²) in [5.74, 6) is -0.123. The van der Waals surface area contributed by atoms with Crippen LogP contribution in [0.15, 0.2) is 0 Å². The number of rotatable bonds is 5. The van der Waals surface area contributed by atoms with Crippen molar-refractivity contribution in [1.29, 1.82) is 0 Å². The third-order valence-corrected chi connectivity index (χ3v) is 4.21. The standard InChI is InChI=1S/C14H25NO4/c1-15(13(16)4-3-9-17-2)12-5-7-14(8-6-12)18-10-11-19-14/h12H,3-11H2,1-2H3. The van der Waals surface area contributed by atoms with Crippen molar-refractivity contribution in [2.24, 2.45) is 0 Å². The summed E-state index contributed by atoms with van der Waals surface area (Å²) in [5, 5.41) is 0. The first-order valence-corrected chi connectivity index (χ1v) is 7.19. The fourth-order valence-electron chi connectivity index (χ4n) is 2.96. The van der Waals surface area contributed by atoms with Gasteiger partial charge in [0.05, 0.1) is 13.2 Å². The molecule has 5 heteroatoms. The van der Waals surface area contributed by atoms with Crippen LogP contribution in [-0.2, 0) is 19.0 Å². The maximum atomic E-state index is 12.0. The summed E-state index contributed by atoms with van der Waals surface area (Å²) in [6.07, 6.45) is 5.08. The zero-order valence-corrected chi connectivity index (χ0v) is 12.0. The quantitative estimate of drug-likeness (QED) is 0.712. The summed E-state index contributed by atoms with van der Waals surface area (Å²) >= 11 is 0. The third kappa shape index (κ3) is 3.68. The summed E-state index contributed by atoms with van der Waals surface area (Å²) in [7, 11) is 3.57. The molecule has 1 saturated heterocycles. The zero-order valence-electron chi connectivity index (χ0n) is 12.0. The van der Waals surface area contributed by atoms with Gasteiger partial charge in [0, 0.05) is 46.1 Å². The Morgan fingerprint density at radius 3 is 2.53 bits per heavy atom. The minimum Gasteiger partial charge on any atom is -0.385 e. The van der Waals surface area contributed by atoms with Gasteiger partial charge in [-0.25, -0.2) is 0 Å². The van der Waals surface area contributed by atoms with Crippen LogP contribution in [0, 0.1) is 0 Å². The number of amides is 1. The lowest BCUT2D eigenvalue weighted by Crippen LogP contribution is -2.44. The molecule has 1 amide bonds. The Hall–Kier alpha value is -0.650. The number of carbonyl (C=O) groups excluding carboxylic acids is 1. The normalized spacial score (nSPS) is 22.8. The van der Waals surface area contributed by atoms with Crippen molar-refractivity contribution >= 4 is 5.91 Å². The van der Waals surface area contributed by atoms with Gasteiger partial charge in [-0.1, -0.05) is 0 Å². The first-order chi connectivity index (χ1) is 9.17. The molecule has 5 nitrogen and oxygen atoms in total. The molecule has 2 rings (SSSR count). The molecule has 1 aliphatic heterocycles. The van der Waals surface area contributed by atoms with E-state index in [1.807, 2.05) is 11.9 Å². The lowest BCUT2D eigenvalue weighted by molar-refractivity contribution is -0.184. The summed E-state index contributed by atoms with van der Waals surface area (Å²) in [4.78, 5) is 13.9. The highest BCUT2D eigenvalue weighted by Crippen LogP contribution is 2.37. The number of nitrogens with zero attached hydrogens (tertiary/aromatic N) is 1. The molecule has 0 aromatic carbocycles. The maximum absolute atomic E-state index is 12.0. The highest BCUT2D eigenvalue weighted by Gasteiger charge is 2.41. The molecule has 0 N–H and O–H groups in total. The van der Waals surface area contributed by atoms with Crippen LogP contribution < -0.4 is 0 Å². The van der Waals surface area contributed by atoms with E-state index < -0.39 is 0 Å². The van der Waals surface area contributed by atoms with Gasteiger partial charge in [0.1, 0.15) is 0 Å². The van der Waals surface area contributed by atoms with E-state index in [1.165, 1.54) is 0 Å². The van der Waals surface area contributed by atoms with Gasteiger partial charge < -0.3 is 19.1 Å². The van der Waals surface area contributed by atoms with E-state index in [-0.39, 0.29) is 11.7 Å². The molecule has 0 unspecified atom stereocenters. The monoisotopic (exact) mass is 271 g/mol. The minimum absolute atomic E-state index is 0.214. The van der Waals surface area contributed by atoms with Crippen molar-refractivity contribution in [3.8, 4) is 0 Å². The lowest BCUT2D eigenvalue weighted by Gasteiger charge is -2.39. The van der Waals surface area contributed by atoms with E-state index in [2.05, 4.69) is 0 Å². The summed E-state index contributed by atoms with van der Waals surface area (Å²) in [6, 6.07) is 0.327. The summed E-state index contributed by atoms with van der Waals surface area (Å²) in [5.41, 5.74) is 0. The van der Waals surface area contributed by atoms with Gasteiger partial charge in [-0.3, -0.25) is 4.79 Å². The van der Waals surface area contributed by atoms with E-state index in [1.54, 1.807) is 7.11 Å². The number of methoxy groups -OCH3 is 1. The van der Waals surface area contributed by atoms with Crippen LogP contribution in [0.3, 0.4) is 0 Å². The van der Waals surface area contributed by atoms with Gasteiger partial charge in [-0.05, 0) is 19.3 Å². The molecule has 1 saturated carbocycles. The van der Waals surface area contributed by atoms with Crippen molar-refractivity contribution in [2.75, 3.05) is 34.0 Å². The zero-order chi connectivity index (χ0) is 13.7. The number of carbonyl (C=O) groups is 1. The second kappa shape index (κ2) is 6.68. The fourth-order valence-corrected chi connectivity index (χ4v) is 2.96. The SMILES string of the molecule is COCCCC(=O)N(C)C1CCC2(CC1)OCCO2. The van der Waals surface area contributed by atoms with Crippen LogP contribution in [0.4, 0.5) is 0 Å². The average molecular weight is 271 g/mol. The Morgan fingerprint density at radius 2 is 1.95 bits per heavy atom. The number of hydrogen-bond acceptors (Lipinski definition) is 4. The maximum Gasteiger partial charge on any atom is 0.222 e. The van der Waals surface area contributed by atoms with Gasteiger partial charge in [-0.15, -0.1) is 0 Å². The molecule has 19 heavy (non-hydrogen) atoms. The van der Waals surface area contributed by atoms with Crippen molar-refractivity contribution in [3.05, 3.63) is 0 Å². The summed E-state index contributed by atoms with van der Waals surface area (Å²) < 4.78 is 16.4. The molecule has 0 bridgehead atoms. The van der Waals surface area contributed by atoms with Gasteiger partial charge >= 0.3 is 0 Å². The van der Waals surface area contributed by atoms with Crippen LogP contribution >= 0.6 is 0 Å². The Balaban J connectivity index is 1.75. The van der Waals surface area contributed by atoms with E-state index in [0.717, 1.165) is 32.1 Å². The Kier molecular flexibility index (Phi) is 5.19. The molecule has 1 spiro atoms. The number of ether oxygens (including phenoxy) is 3. The second-order valence-corrected chi connectivity index (χ2v) is 5.44. The van der Waals surface area contributed by atoms with Crippen molar-refractivity contribution in [2.45, 2.75) is 50.4 Å². The van der Waals surface area contributed by atoms with Crippen molar-refractivity contribution in [1.82, 2.24) is 4.90 Å². The first-order valence-electron chi connectivity index (χ1n) is 7.19. The van der Waals surface area contributed by atoms with Crippen LogP contribution in [0.1, 0.15) is 38.5 Å². The topological polar surface area (TPSA) is 48.0 Å². The predicted octanol–water partition coefficient (Wildman–Crippen LogP) is 1.56. The Bertz CT molecular complexity index is 292. The molecule has 2 fully saturated rings. The van der Waals surface area contributed by atoms with Gasteiger partial charge in [0.2, 0.25) is 5.91 Å². The molecule has 0 radical (unpaired) electrons. The first kappa shape index (κ1) is 14.8. The van der Waals surface area contributed by atoms with Crippen LogP contribution in [0.2, 0.25) is 0 Å². The Labute approximate surface area is 115 Å². The molecule has 1 heterocycles. The van der Waals surface area contributed by atoms with Crippen LogP contribution in [0.25, 0.3) is 0 Å². The largest absolute Gasteiger partial charge is 0.385 e. The van der Waals surface area contributed by atoms with E-state index in [9.17, 15) is 4.79 Å². The second-order valence-electron chi connectivity index (χ2n) is 5.44. The van der Waals surface area contributed by atoms with Crippen LogP contribution in [0.5, 0.6) is 0 Å². The third-order valence-electron chi connectivity index (χ3n) is 4.21. The highest BCUT2D eigenvalue weighted by atomic mass is 16.7.